The summed E-state index contributed by atoms with van der Waals surface area (Å²) < 4.78 is 0. The van der Waals surface area contributed by atoms with E-state index in [1.807, 2.05) is 0 Å². The number of hydrogen-bond donors (Lipinski definition) is 0. The smallest absolute Gasteiger partial charge is 0.0174 e. The molecule has 27 heavy (non-hydrogen) atoms. The van der Waals surface area contributed by atoms with Gasteiger partial charge in [0.25, 0.3) is 0 Å². The maximum Gasteiger partial charge on any atom is 0.0174 e. The van der Waals surface area contributed by atoms with Gasteiger partial charge in [-0.25, -0.2) is 0 Å². The van der Waals surface area contributed by atoms with Crippen molar-refractivity contribution in [3.05, 3.63) is 83.6 Å². The molecule has 144 valence electrons. The number of allylic oxidation sites excluding steroid dienone is 2. The molecule has 2 aromatic rings. The second-order valence-electron chi connectivity index (χ2n) is 7.84. The van der Waals surface area contributed by atoms with E-state index in [1.54, 1.807) is 5.70 Å². The van der Waals surface area contributed by atoms with Gasteiger partial charge in [0, 0.05) is 24.7 Å². The van der Waals surface area contributed by atoms with Crippen molar-refractivity contribution >= 4 is 0 Å². The number of rotatable bonds is 9. The maximum absolute atomic E-state index is 2.68. The molecule has 0 amide bonds. The molecule has 0 radical (unpaired) electrons. The molecule has 1 aliphatic rings. The number of hydrogen-bond acceptors (Lipinski definition) is 1. The van der Waals surface area contributed by atoms with E-state index in [9.17, 15) is 0 Å². The predicted octanol–water partition coefficient (Wildman–Crippen LogP) is 7.13. The molecule has 0 aromatic heterocycles. The van der Waals surface area contributed by atoms with E-state index in [0.717, 1.165) is 0 Å². The number of unbranched alkanes of at least 4 members (excludes halogenated alkanes) is 2. The van der Waals surface area contributed by atoms with E-state index in [-0.39, 0.29) is 0 Å². The molecule has 0 aliphatic heterocycles. The third-order valence-corrected chi connectivity index (χ3v) is 5.90. The van der Waals surface area contributed by atoms with E-state index >= 15 is 0 Å². The van der Waals surface area contributed by atoms with Gasteiger partial charge in [-0.1, -0.05) is 93.4 Å². The van der Waals surface area contributed by atoms with Gasteiger partial charge in [0.1, 0.15) is 0 Å². The highest BCUT2D eigenvalue weighted by Crippen LogP contribution is 2.43. The second-order valence-corrected chi connectivity index (χ2v) is 7.84. The molecule has 0 saturated carbocycles. The van der Waals surface area contributed by atoms with Crippen LogP contribution in [0, 0.1) is 0 Å². The van der Waals surface area contributed by atoms with Gasteiger partial charge < -0.3 is 4.90 Å². The minimum Gasteiger partial charge on any atom is -0.375 e. The van der Waals surface area contributed by atoms with Crippen molar-refractivity contribution in [3.8, 4) is 0 Å². The van der Waals surface area contributed by atoms with E-state index in [2.05, 4.69) is 85.5 Å². The van der Waals surface area contributed by atoms with Crippen molar-refractivity contribution < 1.29 is 0 Å². The summed E-state index contributed by atoms with van der Waals surface area (Å²) in [7, 11) is 0. The Kier molecular flexibility index (Phi) is 7.56. The maximum atomic E-state index is 2.68. The Hall–Kier alpha value is -2.02. The minimum absolute atomic E-state index is 0.475. The molecule has 0 heterocycles. The Morgan fingerprint density at radius 1 is 0.778 bits per heavy atom. The van der Waals surface area contributed by atoms with E-state index in [0.29, 0.717) is 11.8 Å². The average Bonchev–Trinajstić information content (AvgIpc) is 2.75. The summed E-state index contributed by atoms with van der Waals surface area (Å²) in [5.74, 6) is 1.06. The summed E-state index contributed by atoms with van der Waals surface area (Å²) in [6.45, 7) is 7.01. The molecule has 0 spiro atoms. The van der Waals surface area contributed by atoms with Gasteiger partial charge in [-0.05, 0) is 42.7 Å². The van der Waals surface area contributed by atoms with Crippen LogP contribution in [0.3, 0.4) is 0 Å². The molecule has 0 N–H and O–H groups in total. The monoisotopic (exact) mass is 361 g/mol. The van der Waals surface area contributed by atoms with Crippen molar-refractivity contribution in [2.45, 2.75) is 64.2 Å². The van der Waals surface area contributed by atoms with Gasteiger partial charge in [-0.3, -0.25) is 0 Å². The molecule has 2 atom stereocenters. The second kappa shape index (κ2) is 10.3. The molecule has 1 nitrogen and oxygen atoms in total. The summed E-state index contributed by atoms with van der Waals surface area (Å²) in [6.07, 6.45) is 10.2. The van der Waals surface area contributed by atoms with Crippen molar-refractivity contribution in [3.63, 3.8) is 0 Å². The molecular formula is C26H35N. The summed E-state index contributed by atoms with van der Waals surface area (Å²) in [5, 5.41) is 0. The number of benzene rings is 2. The van der Waals surface area contributed by atoms with Gasteiger partial charge in [-0.15, -0.1) is 0 Å². The van der Waals surface area contributed by atoms with Crippen LogP contribution >= 0.6 is 0 Å². The van der Waals surface area contributed by atoms with Crippen LogP contribution in [0.5, 0.6) is 0 Å². The fourth-order valence-electron chi connectivity index (χ4n) is 4.33. The van der Waals surface area contributed by atoms with Gasteiger partial charge in [0.05, 0.1) is 0 Å². The minimum atomic E-state index is 0.475. The first kappa shape index (κ1) is 19.7. The highest BCUT2D eigenvalue weighted by molar-refractivity contribution is 5.35. The van der Waals surface area contributed by atoms with E-state index in [4.69, 9.17) is 0 Å². The first-order valence-electron chi connectivity index (χ1n) is 10.9. The average molecular weight is 362 g/mol. The van der Waals surface area contributed by atoms with Crippen LogP contribution in [-0.2, 0) is 0 Å². The molecule has 0 bridgehead atoms. The third kappa shape index (κ3) is 5.25. The van der Waals surface area contributed by atoms with Crippen molar-refractivity contribution in [1.82, 2.24) is 4.90 Å². The third-order valence-electron chi connectivity index (χ3n) is 5.90. The first-order valence-corrected chi connectivity index (χ1v) is 10.9. The highest BCUT2D eigenvalue weighted by atomic mass is 15.1. The van der Waals surface area contributed by atoms with Crippen LogP contribution in [-0.4, -0.2) is 18.0 Å². The Morgan fingerprint density at radius 3 is 1.89 bits per heavy atom. The zero-order valence-electron chi connectivity index (χ0n) is 17.1. The molecule has 1 aliphatic carbocycles. The lowest BCUT2D eigenvalue weighted by Crippen LogP contribution is -2.29. The molecule has 0 saturated heterocycles. The number of nitrogens with zero attached hydrogens (tertiary/aromatic N) is 1. The van der Waals surface area contributed by atoms with Gasteiger partial charge in [-0.2, -0.15) is 0 Å². The Labute approximate surface area is 166 Å². The molecule has 3 rings (SSSR count). The summed E-state index contributed by atoms with van der Waals surface area (Å²) in [5.41, 5.74) is 4.52. The zero-order valence-corrected chi connectivity index (χ0v) is 17.1. The SMILES string of the molecule is CCCCN(CCCC)C1=CC(c2ccccc2)C(c2ccccc2)CC1. The van der Waals surface area contributed by atoms with Gasteiger partial charge >= 0.3 is 0 Å². The van der Waals surface area contributed by atoms with Crippen LogP contribution in [0.25, 0.3) is 0 Å². The van der Waals surface area contributed by atoms with Crippen molar-refractivity contribution in [2.24, 2.45) is 0 Å². The van der Waals surface area contributed by atoms with Crippen molar-refractivity contribution in [2.75, 3.05) is 13.1 Å². The largest absolute Gasteiger partial charge is 0.375 e. The Bertz CT molecular complexity index is 681. The summed E-state index contributed by atoms with van der Waals surface area (Å²) in [4.78, 5) is 2.68. The fraction of sp³-hybridized carbons (Fsp3) is 0.462. The first-order chi connectivity index (χ1) is 13.3. The molecule has 0 fully saturated rings. The Balaban J connectivity index is 1.90. The fourth-order valence-corrected chi connectivity index (χ4v) is 4.33. The van der Waals surface area contributed by atoms with Crippen LogP contribution < -0.4 is 0 Å². The topological polar surface area (TPSA) is 3.24 Å². The zero-order chi connectivity index (χ0) is 18.9. The summed E-state index contributed by atoms with van der Waals surface area (Å²) in [6, 6.07) is 22.2. The summed E-state index contributed by atoms with van der Waals surface area (Å²) >= 11 is 0. The van der Waals surface area contributed by atoms with Gasteiger partial charge in [0.15, 0.2) is 0 Å². The van der Waals surface area contributed by atoms with Crippen LogP contribution in [0.1, 0.15) is 75.3 Å². The van der Waals surface area contributed by atoms with E-state index in [1.165, 1.54) is 62.7 Å². The predicted molar refractivity (Wildman–Crippen MR) is 117 cm³/mol. The van der Waals surface area contributed by atoms with Crippen LogP contribution in [0.15, 0.2) is 72.4 Å². The quantitative estimate of drug-likeness (QED) is 0.459. The normalized spacial score (nSPS) is 19.6. The van der Waals surface area contributed by atoms with E-state index < -0.39 is 0 Å². The molecular weight excluding hydrogens is 326 g/mol. The highest BCUT2D eigenvalue weighted by Gasteiger charge is 2.28. The molecule has 2 unspecified atom stereocenters. The van der Waals surface area contributed by atoms with Crippen molar-refractivity contribution in [1.29, 1.82) is 0 Å². The lowest BCUT2D eigenvalue weighted by Gasteiger charge is -2.36. The van der Waals surface area contributed by atoms with Crippen LogP contribution in [0.2, 0.25) is 0 Å². The Morgan fingerprint density at radius 2 is 1.33 bits per heavy atom. The molecule has 1 heteroatoms. The lowest BCUT2D eigenvalue weighted by atomic mass is 9.74. The standard InChI is InChI=1S/C26H35N/c1-3-5-19-27(20-6-4-2)24-17-18-25(22-13-9-7-10-14-22)26(21-24)23-15-11-8-12-16-23/h7-16,21,25-26H,3-6,17-20H2,1-2H3. The molecule has 2 aromatic carbocycles. The van der Waals surface area contributed by atoms with Gasteiger partial charge in [0.2, 0.25) is 0 Å². The lowest BCUT2D eigenvalue weighted by molar-refractivity contribution is 0.303. The van der Waals surface area contributed by atoms with Crippen LogP contribution in [0.4, 0.5) is 0 Å².